The van der Waals surface area contributed by atoms with Crippen LogP contribution in [0.15, 0.2) is 30.3 Å². The maximum absolute atomic E-state index is 14.0. The molecule has 1 aliphatic heterocycles. The lowest BCUT2D eigenvalue weighted by Gasteiger charge is -2.37. The van der Waals surface area contributed by atoms with E-state index in [0.717, 1.165) is 15.4 Å². The van der Waals surface area contributed by atoms with Crippen LogP contribution in [0.3, 0.4) is 0 Å². The third-order valence-corrected chi connectivity index (χ3v) is 5.39. The van der Waals surface area contributed by atoms with Crippen molar-refractivity contribution in [2.45, 2.75) is 32.0 Å². The highest BCUT2D eigenvalue weighted by molar-refractivity contribution is 7.15. The number of thiazole rings is 1. The Kier molecular flexibility index (Phi) is 5.51. The minimum Gasteiger partial charge on any atom is -0.465 e. The summed E-state index contributed by atoms with van der Waals surface area (Å²) in [6.45, 7) is 1.86. The molecule has 2 amide bonds. The lowest BCUT2D eigenvalue weighted by atomic mass is 9.99. The second-order valence-electron chi connectivity index (χ2n) is 6.25. The maximum Gasteiger partial charge on any atom is 0.404 e. The molecule has 2 unspecified atom stereocenters. The van der Waals surface area contributed by atoms with E-state index < -0.39 is 12.3 Å². The number of carboxylic acid groups (broad SMARTS) is 1. The first kappa shape index (κ1) is 18.3. The summed E-state index contributed by atoms with van der Waals surface area (Å²) in [5.74, 6) is -0.354. The number of aryl methyl sites for hydroxylation is 1. The molecule has 0 saturated carbocycles. The standard InChI is InChI=1S/C18H20FN3O3S/c1-11-21-15(16(26-11)12-5-3-2-4-6-12)17(23)22-10-13(19)7-8-14(22)9-20-18(24)25/h2-6,13-14,20H,7-10H2,1H3,(H,24,25). The monoisotopic (exact) mass is 377 g/mol. The van der Waals surface area contributed by atoms with Crippen LogP contribution < -0.4 is 5.32 Å². The van der Waals surface area contributed by atoms with E-state index >= 15 is 0 Å². The number of halogens is 1. The van der Waals surface area contributed by atoms with Gasteiger partial charge in [0.2, 0.25) is 0 Å². The fraction of sp³-hybridized carbons (Fsp3) is 0.389. The van der Waals surface area contributed by atoms with Gasteiger partial charge >= 0.3 is 6.09 Å². The third-order valence-electron chi connectivity index (χ3n) is 4.37. The Labute approximate surface area is 154 Å². The number of hydrogen-bond donors (Lipinski definition) is 2. The van der Waals surface area contributed by atoms with Crippen molar-refractivity contribution >= 4 is 23.3 Å². The minimum absolute atomic E-state index is 0.0460. The summed E-state index contributed by atoms with van der Waals surface area (Å²) in [4.78, 5) is 30.5. The summed E-state index contributed by atoms with van der Waals surface area (Å²) in [5, 5.41) is 11.9. The maximum atomic E-state index is 14.0. The molecule has 26 heavy (non-hydrogen) atoms. The number of piperidine rings is 1. The number of amides is 2. The minimum atomic E-state index is -1.16. The fourth-order valence-corrected chi connectivity index (χ4v) is 4.06. The van der Waals surface area contributed by atoms with Crippen molar-refractivity contribution in [2.75, 3.05) is 13.1 Å². The molecule has 2 heterocycles. The molecule has 6 nitrogen and oxygen atoms in total. The van der Waals surface area contributed by atoms with E-state index in [-0.39, 0.29) is 25.0 Å². The number of nitrogens with one attached hydrogen (secondary N) is 1. The van der Waals surface area contributed by atoms with Crippen LogP contribution in [-0.2, 0) is 0 Å². The second kappa shape index (κ2) is 7.82. The van der Waals surface area contributed by atoms with Crippen LogP contribution in [0.1, 0.15) is 28.3 Å². The third kappa shape index (κ3) is 4.01. The van der Waals surface area contributed by atoms with E-state index in [2.05, 4.69) is 10.3 Å². The van der Waals surface area contributed by atoms with Gasteiger partial charge in [0.15, 0.2) is 0 Å². The van der Waals surface area contributed by atoms with Crippen LogP contribution in [0.25, 0.3) is 10.4 Å². The highest BCUT2D eigenvalue weighted by atomic mass is 32.1. The Balaban J connectivity index is 1.90. The number of benzene rings is 1. The van der Waals surface area contributed by atoms with Crippen molar-refractivity contribution < 1.29 is 19.1 Å². The highest BCUT2D eigenvalue weighted by Crippen LogP contribution is 2.32. The van der Waals surface area contributed by atoms with Crippen molar-refractivity contribution in [1.82, 2.24) is 15.2 Å². The molecule has 1 saturated heterocycles. The molecule has 0 radical (unpaired) electrons. The summed E-state index contributed by atoms with van der Waals surface area (Å²) in [6.07, 6.45) is -1.54. The zero-order valence-electron chi connectivity index (χ0n) is 14.3. The molecule has 1 aromatic carbocycles. The van der Waals surface area contributed by atoms with Crippen molar-refractivity contribution in [3.63, 3.8) is 0 Å². The number of nitrogens with zero attached hydrogens (tertiary/aromatic N) is 2. The predicted molar refractivity (Wildman–Crippen MR) is 97.3 cm³/mol. The highest BCUT2D eigenvalue weighted by Gasteiger charge is 2.34. The molecular formula is C18H20FN3O3S. The van der Waals surface area contributed by atoms with Crippen LogP contribution >= 0.6 is 11.3 Å². The summed E-state index contributed by atoms with van der Waals surface area (Å²) >= 11 is 1.42. The topological polar surface area (TPSA) is 82.5 Å². The Morgan fingerprint density at radius 2 is 2.08 bits per heavy atom. The van der Waals surface area contributed by atoms with E-state index in [1.165, 1.54) is 16.2 Å². The van der Waals surface area contributed by atoms with Gasteiger partial charge in [-0.15, -0.1) is 11.3 Å². The number of aromatic nitrogens is 1. The van der Waals surface area contributed by atoms with Crippen LogP contribution in [0, 0.1) is 6.92 Å². The number of likely N-dealkylation sites (tertiary alicyclic amines) is 1. The lowest BCUT2D eigenvalue weighted by Crippen LogP contribution is -2.52. The Morgan fingerprint density at radius 1 is 1.35 bits per heavy atom. The summed E-state index contributed by atoms with van der Waals surface area (Å²) in [5.41, 5.74) is 1.18. The van der Waals surface area contributed by atoms with Gasteiger partial charge in [-0.2, -0.15) is 0 Å². The Hall–Kier alpha value is -2.48. The summed E-state index contributed by atoms with van der Waals surface area (Å²) in [6, 6.07) is 9.09. The lowest BCUT2D eigenvalue weighted by molar-refractivity contribution is 0.0472. The quantitative estimate of drug-likeness (QED) is 0.856. The van der Waals surface area contributed by atoms with E-state index in [1.807, 2.05) is 37.3 Å². The number of carbonyl (C=O) groups is 2. The first-order valence-corrected chi connectivity index (χ1v) is 9.22. The van der Waals surface area contributed by atoms with Crippen LogP contribution in [-0.4, -0.2) is 52.3 Å². The van der Waals surface area contributed by atoms with Gasteiger partial charge in [0, 0.05) is 12.6 Å². The van der Waals surface area contributed by atoms with Crippen molar-refractivity contribution in [3.05, 3.63) is 41.0 Å². The molecule has 2 aromatic rings. The van der Waals surface area contributed by atoms with Crippen LogP contribution in [0.2, 0.25) is 0 Å². The van der Waals surface area contributed by atoms with E-state index in [0.29, 0.717) is 18.5 Å². The zero-order chi connectivity index (χ0) is 18.7. The first-order valence-electron chi connectivity index (χ1n) is 8.40. The SMILES string of the molecule is Cc1nc(C(=O)N2CC(F)CCC2CNC(=O)O)c(-c2ccccc2)s1. The second-order valence-corrected chi connectivity index (χ2v) is 7.45. The number of rotatable bonds is 4. The Morgan fingerprint density at radius 3 is 2.77 bits per heavy atom. The molecule has 2 atom stereocenters. The molecule has 1 aromatic heterocycles. The molecule has 3 rings (SSSR count). The van der Waals surface area contributed by atoms with E-state index in [1.54, 1.807) is 0 Å². The normalized spacial score (nSPS) is 20.0. The van der Waals surface area contributed by atoms with Crippen LogP contribution in [0.5, 0.6) is 0 Å². The fourth-order valence-electron chi connectivity index (χ4n) is 3.14. The van der Waals surface area contributed by atoms with Gasteiger partial charge in [0.1, 0.15) is 11.9 Å². The summed E-state index contributed by atoms with van der Waals surface area (Å²) in [7, 11) is 0. The molecule has 0 bridgehead atoms. The smallest absolute Gasteiger partial charge is 0.404 e. The molecule has 2 N–H and O–H groups in total. The average molecular weight is 377 g/mol. The number of carbonyl (C=O) groups excluding carboxylic acids is 1. The van der Waals surface area contributed by atoms with Crippen molar-refractivity contribution in [3.8, 4) is 10.4 Å². The molecule has 8 heteroatoms. The van der Waals surface area contributed by atoms with Gasteiger partial charge in [-0.3, -0.25) is 4.79 Å². The van der Waals surface area contributed by atoms with Gasteiger partial charge in [-0.05, 0) is 25.3 Å². The van der Waals surface area contributed by atoms with Gasteiger partial charge in [-0.25, -0.2) is 14.2 Å². The van der Waals surface area contributed by atoms with E-state index in [9.17, 15) is 14.0 Å². The Bertz CT molecular complexity index is 796. The molecule has 1 fully saturated rings. The average Bonchev–Trinajstić information content (AvgIpc) is 3.02. The molecule has 138 valence electrons. The number of hydrogen-bond acceptors (Lipinski definition) is 4. The van der Waals surface area contributed by atoms with Crippen molar-refractivity contribution in [2.24, 2.45) is 0 Å². The zero-order valence-corrected chi connectivity index (χ0v) is 15.1. The van der Waals surface area contributed by atoms with Crippen LogP contribution in [0.4, 0.5) is 9.18 Å². The molecular weight excluding hydrogens is 357 g/mol. The predicted octanol–water partition coefficient (Wildman–Crippen LogP) is 3.33. The van der Waals surface area contributed by atoms with Gasteiger partial charge < -0.3 is 15.3 Å². The number of alkyl halides is 1. The van der Waals surface area contributed by atoms with Gasteiger partial charge in [0.25, 0.3) is 5.91 Å². The van der Waals surface area contributed by atoms with Crippen molar-refractivity contribution in [1.29, 1.82) is 0 Å². The van der Waals surface area contributed by atoms with Gasteiger partial charge in [-0.1, -0.05) is 30.3 Å². The van der Waals surface area contributed by atoms with E-state index in [4.69, 9.17) is 5.11 Å². The largest absolute Gasteiger partial charge is 0.465 e. The first-order chi connectivity index (χ1) is 12.5. The van der Waals surface area contributed by atoms with Gasteiger partial charge in [0.05, 0.1) is 16.4 Å². The summed E-state index contributed by atoms with van der Waals surface area (Å²) < 4.78 is 14.0. The molecule has 1 aliphatic rings. The molecule has 0 aliphatic carbocycles. The molecule has 0 spiro atoms.